The molecule has 0 aliphatic heterocycles. The normalized spacial score (nSPS) is 10.5. The molecule has 0 bridgehead atoms. The Hall–Kier alpha value is -1.31. The van der Waals surface area contributed by atoms with Gasteiger partial charge in [0, 0.05) is 18.7 Å². The van der Waals surface area contributed by atoms with Gasteiger partial charge in [-0.1, -0.05) is 44.6 Å². The Bertz CT molecular complexity index is 279. The lowest BCUT2D eigenvalue weighted by atomic mass is 10.2. The third-order valence-electron chi connectivity index (χ3n) is 2.47. The summed E-state index contributed by atoms with van der Waals surface area (Å²) >= 11 is 0. The third-order valence-corrected chi connectivity index (χ3v) is 2.47. The molecule has 0 aliphatic carbocycles. The van der Waals surface area contributed by atoms with E-state index in [4.69, 9.17) is 0 Å². The number of carbonyl (C=O) groups excluding carboxylic acids is 1. The van der Waals surface area contributed by atoms with E-state index in [1.54, 1.807) is 6.92 Å². The molecule has 0 aromatic heterocycles. The van der Waals surface area contributed by atoms with Gasteiger partial charge >= 0.3 is 0 Å². The van der Waals surface area contributed by atoms with Crippen LogP contribution in [0.5, 0.6) is 0 Å². The Morgan fingerprint density at radius 1 is 1.29 bits per heavy atom. The van der Waals surface area contributed by atoms with Crippen LogP contribution in [0.3, 0.4) is 0 Å². The van der Waals surface area contributed by atoms with E-state index >= 15 is 0 Å². The summed E-state index contributed by atoms with van der Waals surface area (Å²) in [5, 5.41) is 0. The second kappa shape index (κ2) is 9.88. The number of rotatable bonds is 9. The predicted molar refractivity (Wildman–Crippen MR) is 74.9 cm³/mol. The number of amides is 1. The van der Waals surface area contributed by atoms with Crippen molar-refractivity contribution in [3.05, 3.63) is 37.0 Å². The van der Waals surface area contributed by atoms with Crippen LogP contribution in [0.1, 0.15) is 39.5 Å². The molecule has 96 valence electrons. The maximum absolute atomic E-state index is 11.8. The molecule has 0 saturated carbocycles. The van der Waals surface area contributed by atoms with E-state index in [0.717, 1.165) is 12.8 Å². The molecule has 0 atom stereocenters. The van der Waals surface area contributed by atoms with Crippen molar-refractivity contribution >= 4 is 5.91 Å². The molecule has 0 aliphatic rings. The van der Waals surface area contributed by atoms with Gasteiger partial charge in [0.25, 0.3) is 0 Å². The number of allylic oxidation sites excluding steroid dienone is 1. The Morgan fingerprint density at radius 3 is 2.53 bits per heavy atom. The van der Waals surface area contributed by atoms with Crippen LogP contribution in [0, 0.1) is 0 Å². The van der Waals surface area contributed by atoms with E-state index in [9.17, 15) is 4.79 Å². The minimum atomic E-state index is 0.0343. The van der Waals surface area contributed by atoms with E-state index in [-0.39, 0.29) is 5.91 Å². The Kier molecular flexibility index (Phi) is 9.12. The highest BCUT2D eigenvalue weighted by Crippen LogP contribution is 2.02. The van der Waals surface area contributed by atoms with Gasteiger partial charge in [0.05, 0.1) is 0 Å². The molecule has 0 aromatic rings. The smallest absolute Gasteiger partial charge is 0.249 e. The van der Waals surface area contributed by atoms with Gasteiger partial charge in [0.1, 0.15) is 0 Å². The zero-order valence-corrected chi connectivity index (χ0v) is 11.2. The monoisotopic (exact) mass is 235 g/mol. The summed E-state index contributed by atoms with van der Waals surface area (Å²) in [7, 11) is 0. The molecule has 0 heterocycles. The highest BCUT2D eigenvalue weighted by Gasteiger charge is 2.11. The molecular weight excluding hydrogens is 210 g/mol. The lowest BCUT2D eigenvalue weighted by molar-refractivity contribution is -0.126. The van der Waals surface area contributed by atoms with Crippen LogP contribution in [0.15, 0.2) is 37.0 Å². The van der Waals surface area contributed by atoms with Crippen molar-refractivity contribution in [3.63, 3.8) is 0 Å². The van der Waals surface area contributed by atoms with Crippen molar-refractivity contribution in [1.82, 2.24) is 4.90 Å². The summed E-state index contributed by atoms with van der Waals surface area (Å²) in [4.78, 5) is 13.6. The van der Waals surface area contributed by atoms with E-state index in [1.807, 2.05) is 11.0 Å². The number of unbranched alkanes of at least 4 members (excludes halogenated alkanes) is 2. The molecule has 0 aromatic carbocycles. The summed E-state index contributed by atoms with van der Waals surface area (Å²) in [6.07, 6.45) is 10.4. The van der Waals surface area contributed by atoms with Gasteiger partial charge in [0.15, 0.2) is 0 Å². The predicted octanol–water partition coefficient (Wildman–Crippen LogP) is 3.71. The molecule has 0 unspecified atom stereocenters. The Labute approximate surface area is 106 Å². The summed E-state index contributed by atoms with van der Waals surface area (Å²) in [5.41, 5.74) is 0.594. The summed E-state index contributed by atoms with van der Waals surface area (Å²) in [5.74, 6) is 0.0343. The fourth-order valence-corrected chi connectivity index (χ4v) is 1.43. The fraction of sp³-hybridized carbons (Fsp3) is 0.533. The molecule has 2 heteroatoms. The highest BCUT2D eigenvalue weighted by molar-refractivity contribution is 5.92. The largest absolute Gasteiger partial charge is 0.335 e. The molecular formula is C15H25NO. The molecule has 0 radical (unpaired) electrons. The first-order valence-electron chi connectivity index (χ1n) is 6.34. The quantitative estimate of drug-likeness (QED) is 0.339. The topological polar surface area (TPSA) is 20.3 Å². The summed E-state index contributed by atoms with van der Waals surface area (Å²) < 4.78 is 0. The van der Waals surface area contributed by atoms with Crippen molar-refractivity contribution in [2.24, 2.45) is 0 Å². The SMILES string of the molecule is C=CCCN(C/C=C/CCCC)C(=O)C(=C)C. The Morgan fingerprint density at radius 2 is 2.00 bits per heavy atom. The van der Waals surface area contributed by atoms with Crippen LogP contribution < -0.4 is 0 Å². The van der Waals surface area contributed by atoms with E-state index in [0.29, 0.717) is 18.7 Å². The van der Waals surface area contributed by atoms with Crippen molar-refractivity contribution in [2.75, 3.05) is 13.1 Å². The fourth-order valence-electron chi connectivity index (χ4n) is 1.43. The molecule has 17 heavy (non-hydrogen) atoms. The average molecular weight is 235 g/mol. The first-order valence-corrected chi connectivity index (χ1v) is 6.34. The molecule has 0 fully saturated rings. The van der Waals surface area contributed by atoms with Crippen molar-refractivity contribution in [3.8, 4) is 0 Å². The number of carbonyl (C=O) groups is 1. The van der Waals surface area contributed by atoms with Crippen molar-refractivity contribution in [1.29, 1.82) is 0 Å². The van der Waals surface area contributed by atoms with Crippen molar-refractivity contribution < 1.29 is 4.79 Å². The maximum atomic E-state index is 11.8. The third kappa shape index (κ3) is 7.56. The minimum absolute atomic E-state index is 0.0343. The second-order valence-electron chi connectivity index (χ2n) is 4.22. The van der Waals surface area contributed by atoms with Gasteiger partial charge in [-0.3, -0.25) is 4.79 Å². The zero-order chi connectivity index (χ0) is 13.1. The van der Waals surface area contributed by atoms with Crippen LogP contribution >= 0.6 is 0 Å². The Balaban J connectivity index is 4.18. The maximum Gasteiger partial charge on any atom is 0.249 e. The molecule has 0 spiro atoms. The first kappa shape index (κ1) is 15.7. The highest BCUT2D eigenvalue weighted by atomic mass is 16.2. The van der Waals surface area contributed by atoms with Crippen LogP contribution in [0.4, 0.5) is 0 Å². The standard InChI is InChI=1S/C15H25NO/c1-5-7-9-10-11-13-16(12-8-6-2)15(17)14(3)4/h6,10-11H,2-3,5,7-9,12-13H2,1,4H3/b11-10+. The van der Waals surface area contributed by atoms with E-state index in [2.05, 4.69) is 32.2 Å². The first-order chi connectivity index (χ1) is 8.13. The lowest BCUT2D eigenvalue weighted by Crippen LogP contribution is -2.32. The summed E-state index contributed by atoms with van der Waals surface area (Å²) in [6, 6.07) is 0. The van der Waals surface area contributed by atoms with Gasteiger partial charge in [0.2, 0.25) is 5.91 Å². The van der Waals surface area contributed by atoms with Crippen molar-refractivity contribution in [2.45, 2.75) is 39.5 Å². The zero-order valence-electron chi connectivity index (χ0n) is 11.2. The summed E-state index contributed by atoms with van der Waals surface area (Å²) in [6.45, 7) is 12.7. The average Bonchev–Trinajstić information content (AvgIpc) is 2.31. The van der Waals surface area contributed by atoms with Gasteiger partial charge in [-0.15, -0.1) is 6.58 Å². The minimum Gasteiger partial charge on any atom is -0.335 e. The van der Waals surface area contributed by atoms with E-state index < -0.39 is 0 Å². The van der Waals surface area contributed by atoms with Gasteiger partial charge in [-0.05, 0) is 19.8 Å². The second-order valence-corrected chi connectivity index (χ2v) is 4.22. The molecule has 0 rings (SSSR count). The van der Waals surface area contributed by atoms with Gasteiger partial charge in [-0.2, -0.15) is 0 Å². The number of hydrogen-bond donors (Lipinski definition) is 0. The molecule has 2 nitrogen and oxygen atoms in total. The molecule has 1 amide bonds. The number of hydrogen-bond acceptors (Lipinski definition) is 1. The van der Waals surface area contributed by atoms with Gasteiger partial charge in [-0.25, -0.2) is 0 Å². The van der Waals surface area contributed by atoms with Crippen LogP contribution in [-0.2, 0) is 4.79 Å². The number of nitrogens with zero attached hydrogens (tertiary/aromatic N) is 1. The van der Waals surface area contributed by atoms with E-state index in [1.165, 1.54) is 12.8 Å². The van der Waals surface area contributed by atoms with Crippen LogP contribution in [0.2, 0.25) is 0 Å². The molecule has 0 N–H and O–H groups in total. The van der Waals surface area contributed by atoms with Crippen LogP contribution in [-0.4, -0.2) is 23.9 Å². The lowest BCUT2D eigenvalue weighted by Gasteiger charge is -2.20. The van der Waals surface area contributed by atoms with Crippen LogP contribution in [0.25, 0.3) is 0 Å². The van der Waals surface area contributed by atoms with Gasteiger partial charge < -0.3 is 4.90 Å². The molecule has 0 saturated heterocycles.